The Morgan fingerprint density at radius 1 is 1.46 bits per heavy atom. The lowest BCUT2D eigenvalue weighted by Gasteiger charge is -1.93. The van der Waals surface area contributed by atoms with Crippen LogP contribution in [0.3, 0.4) is 0 Å². The number of hydrogen-bond acceptors (Lipinski definition) is 2. The first-order chi connectivity index (χ1) is 5.79. The smallest absolute Gasteiger partial charge is 0.0923 e. The molecule has 0 radical (unpaired) electrons. The minimum Gasteiger partial charge on any atom is -0.326 e. The van der Waals surface area contributed by atoms with Crippen molar-refractivity contribution in [3.63, 3.8) is 0 Å². The Labute approximate surface area is 82.9 Å². The summed E-state index contributed by atoms with van der Waals surface area (Å²) in [5, 5.41) is 5.42. The molecule has 0 unspecified atom stereocenters. The molecule has 0 fully saturated rings. The quantitative estimate of drug-likeness (QED) is 0.752. The van der Waals surface area contributed by atoms with Gasteiger partial charge in [0.25, 0.3) is 0 Å². The zero-order valence-electron chi connectivity index (χ0n) is 7.40. The minimum absolute atomic E-state index is 0. The third-order valence-corrected chi connectivity index (χ3v) is 1.92. The van der Waals surface area contributed by atoms with Crippen LogP contribution in [0, 0.1) is 0 Å². The molecule has 1 heterocycles. The van der Waals surface area contributed by atoms with Gasteiger partial charge in [-0.15, -0.1) is 12.4 Å². The van der Waals surface area contributed by atoms with Crippen LogP contribution in [0.15, 0.2) is 24.4 Å². The summed E-state index contributed by atoms with van der Waals surface area (Å²) in [4.78, 5) is 0. The number of hydrogen-bond donors (Lipinski definition) is 1. The highest BCUT2D eigenvalue weighted by Crippen LogP contribution is 2.13. The molecule has 0 aliphatic rings. The van der Waals surface area contributed by atoms with Crippen molar-refractivity contribution in [2.45, 2.75) is 6.54 Å². The van der Waals surface area contributed by atoms with E-state index in [-0.39, 0.29) is 12.4 Å². The molecule has 3 nitrogen and oxygen atoms in total. The van der Waals surface area contributed by atoms with Crippen molar-refractivity contribution >= 4 is 23.3 Å². The molecule has 4 heteroatoms. The van der Waals surface area contributed by atoms with Crippen LogP contribution in [0.4, 0.5) is 0 Å². The molecule has 0 aliphatic carbocycles. The Morgan fingerprint density at radius 2 is 2.23 bits per heavy atom. The summed E-state index contributed by atoms with van der Waals surface area (Å²) in [6, 6.07) is 6.08. The fourth-order valence-corrected chi connectivity index (χ4v) is 1.33. The summed E-state index contributed by atoms with van der Waals surface area (Å²) in [6.45, 7) is 0.588. The second-order valence-electron chi connectivity index (χ2n) is 2.90. The number of nitrogens with two attached hydrogens (primary N) is 1. The first-order valence-corrected chi connectivity index (χ1v) is 3.92. The Bertz CT molecular complexity index is 408. The molecule has 0 atom stereocenters. The van der Waals surface area contributed by atoms with Crippen molar-refractivity contribution in [2.75, 3.05) is 0 Å². The molecule has 0 amide bonds. The fourth-order valence-electron chi connectivity index (χ4n) is 1.33. The van der Waals surface area contributed by atoms with E-state index in [0.717, 1.165) is 16.5 Å². The number of rotatable bonds is 1. The molecule has 0 aliphatic heterocycles. The maximum Gasteiger partial charge on any atom is 0.0923 e. The topological polar surface area (TPSA) is 43.8 Å². The summed E-state index contributed by atoms with van der Waals surface area (Å²) >= 11 is 0. The summed E-state index contributed by atoms with van der Waals surface area (Å²) in [7, 11) is 1.92. The van der Waals surface area contributed by atoms with E-state index >= 15 is 0 Å². The van der Waals surface area contributed by atoms with Gasteiger partial charge in [-0.05, 0) is 17.7 Å². The highest BCUT2D eigenvalue weighted by Gasteiger charge is 1.97. The van der Waals surface area contributed by atoms with Crippen LogP contribution in [-0.2, 0) is 13.6 Å². The number of halogens is 1. The Kier molecular flexibility index (Phi) is 2.90. The van der Waals surface area contributed by atoms with Gasteiger partial charge in [-0.2, -0.15) is 5.10 Å². The molecule has 0 saturated heterocycles. The Morgan fingerprint density at radius 3 is 2.92 bits per heavy atom. The molecule has 0 saturated carbocycles. The maximum absolute atomic E-state index is 5.52. The zero-order valence-corrected chi connectivity index (χ0v) is 8.21. The van der Waals surface area contributed by atoms with Gasteiger partial charge < -0.3 is 5.73 Å². The summed E-state index contributed by atoms with van der Waals surface area (Å²) in [5.74, 6) is 0. The number of fused-ring (bicyclic) bond motifs is 1. The first-order valence-electron chi connectivity index (χ1n) is 3.92. The van der Waals surface area contributed by atoms with Gasteiger partial charge in [-0.25, -0.2) is 0 Å². The van der Waals surface area contributed by atoms with Crippen molar-refractivity contribution in [1.82, 2.24) is 9.78 Å². The molecule has 2 aromatic rings. The Hall–Kier alpha value is -1.06. The van der Waals surface area contributed by atoms with Crippen LogP contribution in [0.2, 0.25) is 0 Å². The molecule has 70 valence electrons. The monoisotopic (exact) mass is 197 g/mol. The van der Waals surface area contributed by atoms with E-state index < -0.39 is 0 Å². The molecule has 2 N–H and O–H groups in total. The second kappa shape index (κ2) is 3.77. The van der Waals surface area contributed by atoms with Gasteiger partial charge in [-0.1, -0.05) is 6.07 Å². The van der Waals surface area contributed by atoms with Crippen molar-refractivity contribution in [3.8, 4) is 0 Å². The minimum atomic E-state index is 0. The van der Waals surface area contributed by atoms with Crippen LogP contribution in [0.25, 0.3) is 10.9 Å². The predicted octanol–water partition coefficient (Wildman–Crippen LogP) is 1.45. The van der Waals surface area contributed by atoms with Gasteiger partial charge in [0.2, 0.25) is 0 Å². The molecule has 2 rings (SSSR count). The molecule has 0 bridgehead atoms. The van der Waals surface area contributed by atoms with Crippen LogP contribution in [-0.4, -0.2) is 9.78 Å². The molecular formula is C9H12ClN3. The van der Waals surface area contributed by atoms with Crippen LogP contribution >= 0.6 is 12.4 Å². The van der Waals surface area contributed by atoms with E-state index in [9.17, 15) is 0 Å². The average molecular weight is 198 g/mol. The molecule has 1 aromatic carbocycles. The van der Waals surface area contributed by atoms with Crippen LogP contribution < -0.4 is 5.73 Å². The largest absolute Gasteiger partial charge is 0.326 e. The summed E-state index contributed by atoms with van der Waals surface area (Å²) < 4.78 is 1.81. The van der Waals surface area contributed by atoms with E-state index in [1.165, 1.54) is 0 Å². The molecule has 1 aromatic heterocycles. The lowest BCUT2D eigenvalue weighted by atomic mass is 10.2. The van der Waals surface area contributed by atoms with E-state index in [1.807, 2.05) is 30.1 Å². The third kappa shape index (κ3) is 1.82. The lowest BCUT2D eigenvalue weighted by Crippen LogP contribution is -1.94. The molecule has 0 spiro atoms. The highest BCUT2D eigenvalue weighted by atomic mass is 35.5. The molecular weight excluding hydrogens is 186 g/mol. The van der Waals surface area contributed by atoms with E-state index in [1.54, 1.807) is 0 Å². The number of benzene rings is 1. The van der Waals surface area contributed by atoms with Gasteiger partial charge >= 0.3 is 0 Å². The number of nitrogens with zero attached hydrogens (tertiary/aromatic N) is 2. The second-order valence-corrected chi connectivity index (χ2v) is 2.90. The zero-order chi connectivity index (χ0) is 8.55. The number of aromatic nitrogens is 2. The van der Waals surface area contributed by atoms with E-state index in [0.29, 0.717) is 6.54 Å². The van der Waals surface area contributed by atoms with E-state index in [4.69, 9.17) is 5.73 Å². The van der Waals surface area contributed by atoms with Crippen LogP contribution in [0.1, 0.15) is 5.56 Å². The maximum atomic E-state index is 5.52. The van der Waals surface area contributed by atoms with Gasteiger partial charge in [0.1, 0.15) is 0 Å². The van der Waals surface area contributed by atoms with Gasteiger partial charge in [0.05, 0.1) is 5.52 Å². The molecule has 13 heavy (non-hydrogen) atoms. The van der Waals surface area contributed by atoms with Crippen molar-refractivity contribution in [1.29, 1.82) is 0 Å². The Balaban J connectivity index is 0.000000845. The standard InChI is InChI=1S/C9H11N3.ClH/c1-12-6-8-4-7(5-10)2-3-9(8)11-12;/h2-4,6H,5,10H2,1H3;1H. The summed E-state index contributed by atoms with van der Waals surface area (Å²) in [5.41, 5.74) is 7.69. The predicted molar refractivity (Wildman–Crippen MR) is 55.9 cm³/mol. The highest BCUT2D eigenvalue weighted by molar-refractivity contribution is 5.85. The van der Waals surface area contributed by atoms with Crippen molar-refractivity contribution < 1.29 is 0 Å². The third-order valence-electron chi connectivity index (χ3n) is 1.92. The van der Waals surface area contributed by atoms with E-state index in [2.05, 4.69) is 11.2 Å². The fraction of sp³-hybridized carbons (Fsp3) is 0.222. The SMILES string of the molecule is Cl.Cn1cc2cc(CN)ccc2n1. The van der Waals surface area contributed by atoms with Crippen molar-refractivity contribution in [2.24, 2.45) is 12.8 Å². The van der Waals surface area contributed by atoms with Gasteiger partial charge in [0, 0.05) is 25.2 Å². The lowest BCUT2D eigenvalue weighted by molar-refractivity contribution is 0.780. The van der Waals surface area contributed by atoms with Gasteiger partial charge in [-0.3, -0.25) is 4.68 Å². The normalized spacial score (nSPS) is 10.0. The van der Waals surface area contributed by atoms with Crippen LogP contribution in [0.5, 0.6) is 0 Å². The summed E-state index contributed by atoms with van der Waals surface area (Å²) in [6.07, 6.45) is 1.99. The van der Waals surface area contributed by atoms with Crippen molar-refractivity contribution in [3.05, 3.63) is 30.0 Å². The average Bonchev–Trinajstić information content (AvgIpc) is 2.43. The van der Waals surface area contributed by atoms with Gasteiger partial charge in [0.15, 0.2) is 0 Å². The number of aryl methyl sites for hydroxylation is 1. The first kappa shape index (κ1) is 10.0.